The summed E-state index contributed by atoms with van der Waals surface area (Å²) in [4.78, 5) is 0.281. The zero-order chi connectivity index (χ0) is 15.6. The van der Waals surface area contributed by atoms with Gasteiger partial charge in [0, 0.05) is 13.6 Å². The number of rotatable bonds is 4. The molecule has 112 valence electrons. The predicted octanol–water partition coefficient (Wildman–Crippen LogP) is 2.59. The van der Waals surface area contributed by atoms with Crippen LogP contribution in [0.1, 0.15) is 16.7 Å². The molecule has 0 aliphatic carbocycles. The van der Waals surface area contributed by atoms with Crippen molar-refractivity contribution in [2.75, 3.05) is 11.4 Å². The summed E-state index contributed by atoms with van der Waals surface area (Å²) in [5.74, 6) is 0. The summed E-state index contributed by atoms with van der Waals surface area (Å²) in [6.45, 7) is 4.17. The van der Waals surface area contributed by atoms with Crippen molar-refractivity contribution in [1.82, 2.24) is 0 Å². The number of aryl methyl sites for hydroxylation is 2. The minimum absolute atomic E-state index is 0.281. The third-order valence-electron chi connectivity index (χ3n) is 3.65. The first-order valence-corrected chi connectivity index (χ1v) is 8.16. The van der Waals surface area contributed by atoms with Crippen LogP contribution in [0.2, 0.25) is 0 Å². The Morgan fingerprint density at radius 1 is 1.05 bits per heavy atom. The van der Waals surface area contributed by atoms with E-state index in [0.29, 0.717) is 12.2 Å². The van der Waals surface area contributed by atoms with Crippen molar-refractivity contribution in [3.8, 4) is 0 Å². The molecule has 21 heavy (non-hydrogen) atoms. The summed E-state index contributed by atoms with van der Waals surface area (Å²) >= 11 is 0. The van der Waals surface area contributed by atoms with E-state index >= 15 is 0 Å². The van der Waals surface area contributed by atoms with Crippen LogP contribution in [0.4, 0.5) is 5.69 Å². The lowest BCUT2D eigenvalue weighted by atomic mass is 10.1. The molecule has 0 unspecified atom stereocenters. The van der Waals surface area contributed by atoms with Crippen LogP contribution in [0.5, 0.6) is 0 Å². The van der Waals surface area contributed by atoms with Crippen molar-refractivity contribution in [3.63, 3.8) is 0 Å². The van der Waals surface area contributed by atoms with Crippen LogP contribution in [-0.4, -0.2) is 15.5 Å². The van der Waals surface area contributed by atoms with Gasteiger partial charge < -0.3 is 5.73 Å². The Bertz CT molecular complexity index is 755. The summed E-state index contributed by atoms with van der Waals surface area (Å²) in [7, 11) is -2.00. The lowest BCUT2D eigenvalue weighted by molar-refractivity contribution is 0.594. The molecule has 4 nitrogen and oxygen atoms in total. The molecule has 0 saturated heterocycles. The summed E-state index contributed by atoms with van der Waals surface area (Å²) in [6.07, 6.45) is 0. The van der Waals surface area contributed by atoms with Gasteiger partial charge in [-0.25, -0.2) is 8.42 Å². The number of hydrogen-bond donors (Lipinski definition) is 1. The normalized spacial score (nSPS) is 11.4. The summed E-state index contributed by atoms with van der Waals surface area (Å²) in [5, 5.41) is 0. The standard InChI is InChI=1S/C16H20N2O2S/c1-12-6-4-5-7-16(12)18(3)21(19,20)15-9-8-14(11-17)13(2)10-15/h4-10H,11,17H2,1-3H3. The lowest BCUT2D eigenvalue weighted by Crippen LogP contribution is -2.27. The number of para-hydroxylation sites is 1. The number of nitrogens with two attached hydrogens (primary N) is 1. The summed E-state index contributed by atoms with van der Waals surface area (Å²) in [5.41, 5.74) is 9.05. The molecular weight excluding hydrogens is 284 g/mol. The van der Waals surface area contributed by atoms with Gasteiger partial charge in [0.2, 0.25) is 0 Å². The molecule has 5 heteroatoms. The van der Waals surface area contributed by atoms with Crippen molar-refractivity contribution in [3.05, 3.63) is 59.2 Å². The Hall–Kier alpha value is -1.85. The molecule has 2 aromatic rings. The first-order valence-electron chi connectivity index (χ1n) is 6.72. The highest BCUT2D eigenvalue weighted by molar-refractivity contribution is 7.92. The van der Waals surface area contributed by atoms with Crippen LogP contribution in [0.3, 0.4) is 0 Å². The average molecular weight is 304 g/mol. The van der Waals surface area contributed by atoms with Crippen LogP contribution < -0.4 is 10.0 Å². The van der Waals surface area contributed by atoms with Gasteiger partial charge in [-0.15, -0.1) is 0 Å². The first kappa shape index (κ1) is 15.5. The number of benzene rings is 2. The second kappa shape index (κ2) is 5.87. The van der Waals surface area contributed by atoms with Crippen LogP contribution in [-0.2, 0) is 16.6 Å². The maximum atomic E-state index is 12.7. The Balaban J connectivity index is 2.47. The molecule has 0 aliphatic rings. The molecule has 0 fully saturated rings. The second-order valence-electron chi connectivity index (χ2n) is 5.05. The van der Waals surface area contributed by atoms with Gasteiger partial charge in [-0.05, 0) is 48.7 Å². The topological polar surface area (TPSA) is 63.4 Å². The van der Waals surface area contributed by atoms with E-state index < -0.39 is 10.0 Å². The van der Waals surface area contributed by atoms with Gasteiger partial charge in [-0.2, -0.15) is 0 Å². The predicted molar refractivity (Wildman–Crippen MR) is 85.8 cm³/mol. The minimum Gasteiger partial charge on any atom is -0.326 e. The fraction of sp³-hybridized carbons (Fsp3) is 0.250. The van der Waals surface area contributed by atoms with E-state index in [1.54, 1.807) is 31.3 Å². The van der Waals surface area contributed by atoms with E-state index in [0.717, 1.165) is 16.7 Å². The smallest absolute Gasteiger partial charge is 0.264 e. The molecule has 2 N–H and O–H groups in total. The number of sulfonamides is 1. The van der Waals surface area contributed by atoms with E-state index in [2.05, 4.69) is 0 Å². The minimum atomic E-state index is -3.57. The van der Waals surface area contributed by atoms with Crippen molar-refractivity contribution < 1.29 is 8.42 Å². The van der Waals surface area contributed by atoms with Gasteiger partial charge >= 0.3 is 0 Å². The second-order valence-corrected chi connectivity index (χ2v) is 7.02. The largest absolute Gasteiger partial charge is 0.326 e. The van der Waals surface area contributed by atoms with Crippen molar-refractivity contribution in [1.29, 1.82) is 0 Å². The number of nitrogens with zero attached hydrogens (tertiary/aromatic N) is 1. The van der Waals surface area contributed by atoms with Crippen molar-refractivity contribution in [2.24, 2.45) is 5.73 Å². The molecule has 0 radical (unpaired) electrons. The fourth-order valence-electron chi connectivity index (χ4n) is 2.26. The lowest BCUT2D eigenvalue weighted by Gasteiger charge is -2.21. The van der Waals surface area contributed by atoms with Crippen molar-refractivity contribution >= 4 is 15.7 Å². The van der Waals surface area contributed by atoms with Crippen molar-refractivity contribution in [2.45, 2.75) is 25.3 Å². The third kappa shape index (κ3) is 2.94. The molecule has 0 aliphatic heterocycles. The third-order valence-corrected chi connectivity index (χ3v) is 5.41. The van der Waals surface area contributed by atoms with E-state index in [-0.39, 0.29) is 4.90 Å². The van der Waals surface area contributed by atoms with Crippen LogP contribution >= 0.6 is 0 Å². The van der Waals surface area contributed by atoms with E-state index in [1.165, 1.54) is 4.31 Å². The number of anilines is 1. The van der Waals surface area contributed by atoms with E-state index in [9.17, 15) is 8.42 Å². The monoisotopic (exact) mass is 304 g/mol. The van der Waals surface area contributed by atoms with Gasteiger partial charge in [-0.3, -0.25) is 4.31 Å². The summed E-state index contributed by atoms with van der Waals surface area (Å²) < 4.78 is 26.8. The average Bonchev–Trinajstić information content (AvgIpc) is 2.47. The molecule has 2 aromatic carbocycles. The molecule has 2 rings (SSSR count). The maximum Gasteiger partial charge on any atom is 0.264 e. The zero-order valence-electron chi connectivity index (χ0n) is 12.5. The zero-order valence-corrected chi connectivity index (χ0v) is 13.3. The molecule has 0 spiro atoms. The Labute approximate surface area is 126 Å². The molecule has 0 bridgehead atoms. The molecule has 0 atom stereocenters. The molecule has 0 heterocycles. The number of hydrogen-bond acceptors (Lipinski definition) is 3. The van der Waals surface area contributed by atoms with Gasteiger partial charge in [0.05, 0.1) is 10.6 Å². The van der Waals surface area contributed by atoms with Gasteiger partial charge in [0.15, 0.2) is 0 Å². The van der Waals surface area contributed by atoms with Crippen LogP contribution in [0.25, 0.3) is 0 Å². The van der Waals surface area contributed by atoms with Crippen LogP contribution in [0, 0.1) is 13.8 Å². The Morgan fingerprint density at radius 3 is 2.29 bits per heavy atom. The highest BCUT2D eigenvalue weighted by atomic mass is 32.2. The SMILES string of the molecule is Cc1cc(S(=O)(=O)N(C)c2ccccc2C)ccc1CN. The summed E-state index contributed by atoms with van der Waals surface area (Å²) in [6, 6.07) is 12.5. The van der Waals surface area contributed by atoms with Gasteiger partial charge in [-0.1, -0.05) is 24.3 Å². The van der Waals surface area contributed by atoms with Crippen LogP contribution in [0.15, 0.2) is 47.4 Å². The van der Waals surface area contributed by atoms with E-state index in [1.807, 2.05) is 32.0 Å². The van der Waals surface area contributed by atoms with E-state index in [4.69, 9.17) is 5.73 Å². The quantitative estimate of drug-likeness (QED) is 0.944. The maximum absolute atomic E-state index is 12.7. The first-order chi connectivity index (χ1) is 9.87. The highest BCUT2D eigenvalue weighted by Crippen LogP contribution is 2.26. The fourth-order valence-corrected chi connectivity index (χ4v) is 3.61. The molecule has 0 aromatic heterocycles. The molecule has 0 saturated carbocycles. The molecule has 0 amide bonds. The van der Waals surface area contributed by atoms with Gasteiger partial charge in [0.1, 0.15) is 0 Å². The Morgan fingerprint density at radius 2 is 1.71 bits per heavy atom. The molecular formula is C16H20N2O2S. The van der Waals surface area contributed by atoms with Gasteiger partial charge in [0.25, 0.3) is 10.0 Å². The Kier molecular flexibility index (Phi) is 4.34. The highest BCUT2D eigenvalue weighted by Gasteiger charge is 2.22.